The van der Waals surface area contributed by atoms with Gasteiger partial charge in [0.15, 0.2) is 11.5 Å². The van der Waals surface area contributed by atoms with Crippen LogP contribution in [-0.4, -0.2) is 72.8 Å². The van der Waals surface area contributed by atoms with E-state index >= 15 is 0 Å². The number of carbonyl (C=O) groups is 1. The maximum Gasteiger partial charge on any atom is 0.436 e. The molecular weight excluding hydrogens is 498 g/mol. The standard InChI is InChI=1S/C27H37N9O3/c1-6-21-18-31-36-23(29-17-20-9-7-11-28-16-20)15-24(32-25(21)36)34(5)12-8-13-38-14-10-22-30-19-35(33-22)26(37)39-27(2,3)4/h7,9,11,15-16,18-19,29H,6,8,10,12-14,17H2,1-5H3. The highest BCUT2D eigenvalue weighted by molar-refractivity contribution is 5.69. The number of carbonyl (C=O) groups excluding carboxylic acids is 1. The van der Waals surface area contributed by atoms with Crippen LogP contribution in [0.1, 0.15) is 51.1 Å². The fourth-order valence-corrected chi connectivity index (χ4v) is 3.85. The van der Waals surface area contributed by atoms with Crippen molar-refractivity contribution in [2.75, 3.05) is 37.0 Å². The van der Waals surface area contributed by atoms with Gasteiger partial charge in [0, 0.05) is 57.2 Å². The summed E-state index contributed by atoms with van der Waals surface area (Å²) >= 11 is 0. The zero-order valence-corrected chi connectivity index (χ0v) is 23.3. The number of rotatable bonds is 12. The molecule has 4 aromatic heterocycles. The van der Waals surface area contributed by atoms with Crippen molar-refractivity contribution in [2.45, 2.75) is 59.1 Å². The molecule has 0 spiro atoms. The number of hydrogen-bond acceptors (Lipinski definition) is 10. The number of nitrogens with zero attached hydrogens (tertiary/aromatic N) is 8. The van der Waals surface area contributed by atoms with Crippen molar-refractivity contribution >= 4 is 23.4 Å². The van der Waals surface area contributed by atoms with E-state index < -0.39 is 11.7 Å². The Balaban J connectivity index is 1.27. The van der Waals surface area contributed by atoms with Crippen LogP contribution in [0.5, 0.6) is 0 Å². The van der Waals surface area contributed by atoms with Gasteiger partial charge in [-0.25, -0.2) is 14.8 Å². The van der Waals surface area contributed by atoms with Crippen LogP contribution in [0.15, 0.2) is 43.1 Å². The minimum Gasteiger partial charge on any atom is -0.442 e. The summed E-state index contributed by atoms with van der Waals surface area (Å²) in [5, 5.41) is 12.2. The summed E-state index contributed by atoms with van der Waals surface area (Å²) in [6.45, 7) is 9.98. The van der Waals surface area contributed by atoms with Crippen molar-refractivity contribution < 1.29 is 14.3 Å². The second-order valence-corrected chi connectivity index (χ2v) is 10.2. The Morgan fingerprint density at radius 1 is 1.21 bits per heavy atom. The number of hydrogen-bond donors (Lipinski definition) is 1. The van der Waals surface area contributed by atoms with Crippen molar-refractivity contribution in [3.63, 3.8) is 0 Å². The van der Waals surface area contributed by atoms with Crippen LogP contribution in [0.3, 0.4) is 0 Å². The van der Waals surface area contributed by atoms with Gasteiger partial charge in [-0.3, -0.25) is 4.98 Å². The fourth-order valence-electron chi connectivity index (χ4n) is 3.85. The Labute approximate surface area is 228 Å². The van der Waals surface area contributed by atoms with Crippen molar-refractivity contribution in [3.8, 4) is 0 Å². The van der Waals surface area contributed by atoms with E-state index in [1.807, 2.05) is 62.9 Å². The lowest BCUT2D eigenvalue weighted by Crippen LogP contribution is -2.27. The van der Waals surface area contributed by atoms with Crippen LogP contribution in [0.4, 0.5) is 16.4 Å². The Morgan fingerprint density at radius 2 is 2.05 bits per heavy atom. The molecule has 0 bridgehead atoms. The monoisotopic (exact) mass is 535 g/mol. The highest BCUT2D eigenvalue weighted by Crippen LogP contribution is 2.22. The summed E-state index contributed by atoms with van der Waals surface area (Å²) in [5.74, 6) is 2.28. The predicted octanol–water partition coefficient (Wildman–Crippen LogP) is 3.76. The first-order chi connectivity index (χ1) is 18.7. The number of aromatic nitrogens is 7. The molecule has 0 radical (unpaired) electrons. The molecule has 0 aliphatic rings. The Kier molecular flexibility index (Phi) is 9.07. The SMILES string of the molecule is CCc1cnn2c(NCc3cccnc3)cc(N(C)CCCOCCc3ncn(C(=O)OC(C)(C)C)n3)nc12. The van der Waals surface area contributed by atoms with Crippen LogP contribution in [0.2, 0.25) is 0 Å². The summed E-state index contributed by atoms with van der Waals surface area (Å²) in [7, 11) is 2.03. The average molecular weight is 536 g/mol. The molecule has 208 valence electrons. The van der Waals surface area contributed by atoms with E-state index in [1.54, 1.807) is 6.20 Å². The third kappa shape index (κ3) is 7.73. The van der Waals surface area contributed by atoms with Gasteiger partial charge in [-0.2, -0.15) is 14.3 Å². The number of fused-ring (bicyclic) bond motifs is 1. The van der Waals surface area contributed by atoms with Gasteiger partial charge in [-0.1, -0.05) is 13.0 Å². The molecular formula is C27H37N9O3. The summed E-state index contributed by atoms with van der Waals surface area (Å²) < 4.78 is 14.1. The third-order valence-electron chi connectivity index (χ3n) is 5.87. The van der Waals surface area contributed by atoms with E-state index in [0.29, 0.717) is 32.0 Å². The van der Waals surface area contributed by atoms with Gasteiger partial charge < -0.3 is 19.7 Å². The Hall–Kier alpha value is -4.06. The van der Waals surface area contributed by atoms with E-state index in [4.69, 9.17) is 14.5 Å². The lowest BCUT2D eigenvalue weighted by molar-refractivity contribution is 0.0512. The van der Waals surface area contributed by atoms with Crippen LogP contribution in [0, 0.1) is 0 Å². The summed E-state index contributed by atoms with van der Waals surface area (Å²) in [6.07, 6.45) is 8.50. The number of pyridine rings is 1. The lowest BCUT2D eigenvalue weighted by Gasteiger charge is -2.20. The first-order valence-corrected chi connectivity index (χ1v) is 13.2. The largest absolute Gasteiger partial charge is 0.442 e. The van der Waals surface area contributed by atoms with Gasteiger partial charge in [-0.05, 0) is 45.2 Å². The topological polar surface area (TPSA) is 125 Å². The Morgan fingerprint density at radius 3 is 2.79 bits per heavy atom. The molecule has 0 aromatic carbocycles. The summed E-state index contributed by atoms with van der Waals surface area (Å²) in [6, 6.07) is 5.98. The highest BCUT2D eigenvalue weighted by atomic mass is 16.6. The third-order valence-corrected chi connectivity index (χ3v) is 5.87. The molecule has 0 aliphatic carbocycles. The minimum absolute atomic E-state index is 0.463. The van der Waals surface area contributed by atoms with Crippen LogP contribution in [-0.2, 0) is 28.9 Å². The van der Waals surface area contributed by atoms with Crippen molar-refractivity contribution in [3.05, 3.63) is 60.1 Å². The first kappa shape index (κ1) is 28.0. The normalized spacial score (nSPS) is 11.6. The molecule has 12 heteroatoms. The second kappa shape index (κ2) is 12.7. The van der Waals surface area contributed by atoms with Crippen LogP contribution >= 0.6 is 0 Å². The van der Waals surface area contributed by atoms with Gasteiger partial charge in [0.05, 0.1) is 12.8 Å². The molecule has 1 N–H and O–H groups in total. The molecule has 0 atom stereocenters. The van der Waals surface area contributed by atoms with E-state index in [9.17, 15) is 4.79 Å². The quantitative estimate of drug-likeness (QED) is 0.268. The van der Waals surface area contributed by atoms with Crippen molar-refractivity contribution in [1.82, 2.24) is 34.3 Å². The molecule has 4 heterocycles. The number of aryl methyl sites for hydroxylation is 1. The fraction of sp³-hybridized carbons (Fsp3) is 0.481. The molecule has 0 aliphatic heterocycles. The molecule has 0 amide bonds. The van der Waals surface area contributed by atoms with Crippen LogP contribution < -0.4 is 10.2 Å². The molecule has 0 unspecified atom stereocenters. The van der Waals surface area contributed by atoms with Crippen LogP contribution in [0.25, 0.3) is 5.65 Å². The molecule has 4 rings (SSSR count). The molecule has 39 heavy (non-hydrogen) atoms. The minimum atomic E-state index is -0.587. The predicted molar refractivity (Wildman–Crippen MR) is 148 cm³/mol. The summed E-state index contributed by atoms with van der Waals surface area (Å²) in [4.78, 5) is 27.4. The lowest BCUT2D eigenvalue weighted by atomic mass is 10.2. The molecule has 0 saturated heterocycles. The van der Waals surface area contributed by atoms with Gasteiger partial charge in [0.2, 0.25) is 0 Å². The average Bonchev–Trinajstić information content (AvgIpc) is 3.56. The van der Waals surface area contributed by atoms with E-state index in [-0.39, 0.29) is 0 Å². The molecule has 4 aromatic rings. The van der Waals surface area contributed by atoms with Gasteiger partial charge in [0.25, 0.3) is 0 Å². The molecule has 0 fully saturated rings. The van der Waals surface area contributed by atoms with Gasteiger partial charge in [0.1, 0.15) is 23.6 Å². The highest BCUT2D eigenvalue weighted by Gasteiger charge is 2.19. The van der Waals surface area contributed by atoms with E-state index in [0.717, 1.165) is 52.5 Å². The number of nitrogens with one attached hydrogen (secondary N) is 1. The maximum absolute atomic E-state index is 12.1. The van der Waals surface area contributed by atoms with E-state index in [2.05, 4.69) is 37.3 Å². The van der Waals surface area contributed by atoms with Crippen molar-refractivity contribution in [2.24, 2.45) is 0 Å². The van der Waals surface area contributed by atoms with Gasteiger partial charge >= 0.3 is 6.09 Å². The molecule has 12 nitrogen and oxygen atoms in total. The maximum atomic E-state index is 12.1. The second-order valence-electron chi connectivity index (χ2n) is 10.2. The zero-order chi connectivity index (χ0) is 27.8. The Bertz CT molecular complexity index is 1360. The zero-order valence-electron chi connectivity index (χ0n) is 23.3. The van der Waals surface area contributed by atoms with Crippen molar-refractivity contribution in [1.29, 1.82) is 0 Å². The smallest absolute Gasteiger partial charge is 0.436 e. The number of ether oxygens (including phenoxy) is 2. The summed E-state index contributed by atoms with van der Waals surface area (Å²) in [5.41, 5.74) is 2.45. The first-order valence-electron chi connectivity index (χ1n) is 13.2. The van der Waals surface area contributed by atoms with E-state index in [1.165, 1.54) is 6.33 Å². The number of anilines is 2. The molecule has 0 saturated carbocycles. The van der Waals surface area contributed by atoms with Gasteiger partial charge in [-0.15, -0.1) is 5.10 Å².